The van der Waals surface area contributed by atoms with Gasteiger partial charge in [0, 0.05) is 11.8 Å². The van der Waals surface area contributed by atoms with E-state index < -0.39 is 0 Å². The number of Topliss-reactive ketones (excluding diaryl/α,β-unsaturated/α-hetero) is 1. The standard InChI is InChI=1S/C20H21NO2S/c1-2-3-4-9-18(22)19-12-13-20(24-19)23-14-16-11-10-15-7-5-6-8-17(15)21-16/h5-8,10-13H,2-4,9,14H2,1H3. The molecular formula is C20H21NO2S. The molecule has 0 amide bonds. The van der Waals surface area contributed by atoms with Gasteiger partial charge in [-0.1, -0.05) is 55.4 Å². The molecule has 0 N–H and O–H groups in total. The van der Waals surface area contributed by atoms with E-state index in [1.54, 1.807) is 0 Å². The van der Waals surface area contributed by atoms with Gasteiger partial charge in [-0.15, -0.1) is 0 Å². The fourth-order valence-corrected chi connectivity index (χ4v) is 3.36. The van der Waals surface area contributed by atoms with Crippen LogP contribution in [0.15, 0.2) is 48.5 Å². The van der Waals surface area contributed by atoms with Gasteiger partial charge in [-0.25, -0.2) is 4.98 Å². The van der Waals surface area contributed by atoms with Crippen LogP contribution in [-0.2, 0) is 6.61 Å². The average Bonchev–Trinajstić information content (AvgIpc) is 3.09. The lowest BCUT2D eigenvalue weighted by molar-refractivity contribution is 0.0983. The number of para-hydroxylation sites is 1. The molecule has 0 bridgehead atoms. The van der Waals surface area contributed by atoms with Crippen LogP contribution in [0.5, 0.6) is 5.06 Å². The van der Waals surface area contributed by atoms with E-state index in [1.807, 2.05) is 42.5 Å². The molecule has 4 heteroatoms. The average molecular weight is 339 g/mol. The molecule has 0 aliphatic rings. The van der Waals surface area contributed by atoms with Crippen molar-refractivity contribution in [2.45, 2.75) is 39.2 Å². The summed E-state index contributed by atoms with van der Waals surface area (Å²) in [6, 6.07) is 15.8. The van der Waals surface area contributed by atoms with Crippen LogP contribution in [0, 0.1) is 0 Å². The van der Waals surface area contributed by atoms with E-state index >= 15 is 0 Å². The Morgan fingerprint density at radius 1 is 1.08 bits per heavy atom. The molecule has 0 aliphatic carbocycles. The highest BCUT2D eigenvalue weighted by molar-refractivity contribution is 7.15. The largest absolute Gasteiger partial charge is 0.478 e. The normalized spacial score (nSPS) is 10.9. The Labute approximate surface area is 146 Å². The zero-order valence-electron chi connectivity index (χ0n) is 13.8. The highest BCUT2D eigenvalue weighted by atomic mass is 32.1. The second-order valence-electron chi connectivity index (χ2n) is 5.78. The van der Waals surface area contributed by atoms with Crippen LogP contribution >= 0.6 is 11.3 Å². The molecule has 0 spiro atoms. The number of ether oxygens (including phenoxy) is 1. The molecule has 3 rings (SSSR count). The number of pyridine rings is 1. The fourth-order valence-electron chi connectivity index (χ4n) is 2.54. The lowest BCUT2D eigenvalue weighted by Gasteiger charge is -2.04. The van der Waals surface area contributed by atoms with Gasteiger partial charge in [0.1, 0.15) is 6.61 Å². The molecule has 1 aromatic carbocycles. The summed E-state index contributed by atoms with van der Waals surface area (Å²) in [5, 5.41) is 1.89. The number of thiophene rings is 1. The van der Waals surface area contributed by atoms with Crippen LogP contribution in [0.2, 0.25) is 0 Å². The SMILES string of the molecule is CCCCCC(=O)c1ccc(OCc2ccc3ccccc3n2)s1. The topological polar surface area (TPSA) is 39.2 Å². The minimum absolute atomic E-state index is 0.215. The van der Waals surface area contributed by atoms with Gasteiger partial charge in [-0.3, -0.25) is 4.79 Å². The molecule has 124 valence electrons. The summed E-state index contributed by atoms with van der Waals surface area (Å²) in [5.41, 5.74) is 1.86. The molecule has 2 heterocycles. The van der Waals surface area contributed by atoms with Gasteiger partial charge < -0.3 is 4.74 Å². The first-order valence-corrected chi connectivity index (χ1v) is 9.18. The van der Waals surface area contributed by atoms with Gasteiger partial charge in [0.05, 0.1) is 16.1 Å². The molecule has 0 unspecified atom stereocenters. The summed E-state index contributed by atoms with van der Waals surface area (Å²) < 4.78 is 5.80. The molecule has 0 fully saturated rings. The van der Waals surface area contributed by atoms with Gasteiger partial charge in [0.15, 0.2) is 10.8 Å². The van der Waals surface area contributed by atoms with Gasteiger partial charge in [0.2, 0.25) is 0 Å². The number of carbonyl (C=O) groups excluding carboxylic acids is 1. The number of hydrogen-bond donors (Lipinski definition) is 0. The Morgan fingerprint density at radius 2 is 1.96 bits per heavy atom. The Morgan fingerprint density at radius 3 is 2.83 bits per heavy atom. The first-order valence-electron chi connectivity index (χ1n) is 8.37. The lowest BCUT2D eigenvalue weighted by atomic mass is 10.1. The van der Waals surface area contributed by atoms with Crippen LogP contribution in [0.4, 0.5) is 0 Å². The number of nitrogens with zero attached hydrogens (tertiary/aromatic N) is 1. The minimum atomic E-state index is 0.215. The maximum atomic E-state index is 12.1. The molecule has 0 radical (unpaired) electrons. The summed E-state index contributed by atoms with van der Waals surface area (Å²) in [4.78, 5) is 17.5. The van der Waals surface area contributed by atoms with Gasteiger partial charge in [-0.2, -0.15) is 0 Å². The van der Waals surface area contributed by atoms with E-state index in [2.05, 4.69) is 18.0 Å². The predicted molar refractivity (Wildman–Crippen MR) is 98.9 cm³/mol. The lowest BCUT2D eigenvalue weighted by Crippen LogP contribution is -1.97. The number of fused-ring (bicyclic) bond motifs is 1. The molecule has 0 saturated carbocycles. The maximum absolute atomic E-state index is 12.1. The van der Waals surface area contributed by atoms with Gasteiger partial charge >= 0.3 is 0 Å². The molecule has 3 nitrogen and oxygen atoms in total. The van der Waals surface area contributed by atoms with Crippen molar-refractivity contribution < 1.29 is 9.53 Å². The Hall–Kier alpha value is -2.20. The number of benzene rings is 1. The predicted octanol–water partition coefficient (Wildman–Crippen LogP) is 5.64. The van der Waals surface area contributed by atoms with Crippen LogP contribution in [0.3, 0.4) is 0 Å². The number of ketones is 1. The molecule has 24 heavy (non-hydrogen) atoms. The Bertz CT molecular complexity index is 825. The van der Waals surface area contributed by atoms with E-state index in [0.717, 1.165) is 45.8 Å². The third kappa shape index (κ3) is 4.20. The quantitative estimate of drug-likeness (QED) is 0.394. The summed E-state index contributed by atoms with van der Waals surface area (Å²) >= 11 is 1.42. The third-order valence-electron chi connectivity index (χ3n) is 3.88. The van der Waals surface area contributed by atoms with E-state index in [-0.39, 0.29) is 5.78 Å². The number of unbranched alkanes of at least 4 members (excludes halogenated alkanes) is 2. The highest BCUT2D eigenvalue weighted by Crippen LogP contribution is 2.27. The van der Waals surface area contributed by atoms with Gasteiger partial charge in [0.25, 0.3) is 0 Å². The van der Waals surface area contributed by atoms with Crippen molar-refractivity contribution in [1.29, 1.82) is 0 Å². The number of rotatable bonds is 8. The third-order valence-corrected chi connectivity index (χ3v) is 4.92. The monoisotopic (exact) mass is 339 g/mol. The van der Waals surface area contributed by atoms with Crippen molar-refractivity contribution in [1.82, 2.24) is 4.98 Å². The van der Waals surface area contributed by atoms with Gasteiger partial charge in [-0.05, 0) is 30.7 Å². The van der Waals surface area contributed by atoms with E-state index in [9.17, 15) is 4.79 Å². The molecule has 2 aromatic heterocycles. The molecule has 0 saturated heterocycles. The van der Waals surface area contributed by atoms with Crippen LogP contribution < -0.4 is 4.74 Å². The molecule has 0 aliphatic heterocycles. The number of aromatic nitrogens is 1. The van der Waals surface area contributed by atoms with Crippen molar-refractivity contribution in [3.63, 3.8) is 0 Å². The van der Waals surface area contributed by atoms with Crippen molar-refractivity contribution in [2.75, 3.05) is 0 Å². The molecule has 0 atom stereocenters. The summed E-state index contributed by atoms with van der Waals surface area (Å²) in [7, 11) is 0. The Kier molecular flexibility index (Phi) is 5.59. The second kappa shape index (κ2) is 8.06. The first kappa shape index (κ1) is 16.7. The number of carbonyl (C=O) groups is 1. The summed E-state index contributed by atoms with van der Waals surface area (Å²) in [5.74, 6) is 0.215. The van der Waals surface area contributed by atoms with Crippen molar-refractivity contribution >= 4 is 28.0 Å². The van der Waals surface area contributed by atoms with Crippen LogP contribution in [-0.4, -0.2) is 10.8 Å². The van der Waals surface area contributed by atoms with Crippen molar-refractivity contribution in [2.24, 2.45) is 0 Å². The summed E-state index contributed by atoms with van der Waals surface area (Å²) in [6.07, 6.45) is 3.82. The zero-order chi connectivity index (χ0) is 16.8. The van der Waals surface area contributed by atoms with Crippen LogP contribution in [0.1, 0.15) is 48.0 Å². The first-order chi connectivity index (χ1) is 11.8. The van der Waals surface area contributed by atoms with Crippen molar-refractivity contribution in [3.05, 3.63) is 59.1 Å². The molecule has 3 aromatic rings. The van der Waals surface area contributed by atoms with Crippen molar-refractivity contribution in [3.8, 4) is 5.06 Å². The molecular weight excluding hydrogens is 318 g/mol. The smallest absolute Gasteiger partial charge is 0.175 e. The number of hydrogen-bond acceptors (Lipinski definition) is 4. The van der Waals surface area contributed by atoms with Crippen LogP contribution in [0.25, 0.3) is 10.9 Å². The maximum Gasteiger partial charge on any atom is 0.175 e. The highest BCUT2D eigenvalue weighted by Gasteiger charge is 2.10. The van der Waals surface area contributed by atoms with E-state index in [4.69, 9.17) is 4.74 Å². The Balaban J connectivity index is 1.59. The van der Waals surface area contributed by atoms with E-state index in [0.29, 0.717) is 13.0 Å². The fraction of sp³-hybridized carbons (Fsp3) is 0.300. The second-order valence-corrected chi connectivity index (χ2v) is 6.83. The summed E-state index contributed by atoms with van der Waals surface area (Å²) in [6.45, 7) is 2.55. The minimum Gasteiger partial charge on any atom is -0.478 e. The van der Waals surface area contributed by atoms with E-state index in [1.165, 1.54) is 11.3 Å². The zero-order valence-corrected chi connectivity index (χ0v) is 14.6.